The summed E-state index contributed by atoms with van der Waals surface area (Å²) >= 11 is 0. The van der Waals surface area contributed by atoms with Crippen LogP contribution in [-0.2, 0) is 14.4 Å². The fraction of sp³-hybridized carbons (Fsp3) is 0.526. The van der Waals surface area contributed by atoms with E-state index in [1.54, 1.807) is 18.2 Å². The Balaban J connectivity index is 0.00000676. The van der Waals surface area contributed by atoms with E-state index in [1.807, 2.05) is 41.5 Å². The first-order chi connectivity index (χ1) is 11.9. The summed E-state index contributed by atoms with van der Waals surface area (Å²) in [5.41, 5.74) is 7.26. The summed E-state index contributed by atoms with van der Waals surface area (Å²) in [7, 11) is 0. The molecule has 1 aromatic carbocycles. The molecule has 1 aromatic rings. The van der Waals surface area contributed by atoms with Crippen LogP contribution in [-0.4, -0.2) is 30.3 Å². The number of aryl methyl sites for hydroxylation is 1. The number of rotatable bonds is 6. The highest BCUT2D eigenvalue weighted by Gasteiger charge is 2.22. The van der Waals surface area contributed by atoms with E-state index in [1.165, 1.54) is 0 Å². The van der Waals surface area contributed by atoms with Gasteiger partial charge in [-0.25, -0.2) is 0 Å². The lowest BCUT2D eigenvalue weighted by atomic mass is 9.95. The zero-order valence-corrected chi connectivity index (χ0v) is 17.6. The summed E-state index contributed by atoms with van der Waals surface area (Å²) in [5.74, 6) is -0.855. The molecule has 27 heavy (non-hydrogen) atoms. The van der Waals surface area contributed by atoms with Crippen LogP contribution in [0.3, 0.4) is 0 Å². The lowest BCUT2D eigenvalue weighted by Gasteiger charge is -2.19. The number of carbonyl (C=O) groups excluding carboxylic acids is 3. The second-order valence-corrected chi connectivity index (χ2v) is 7.77. The fourth-order valence-electron chi connectivity index (χ4n) is 1.94. The van der Waals surface area contributed by atoms with Crippen molar-refractivity contribution in [3.8, 4) is 0 Å². The van der Waals surface area contributed by atoms with E-state index in [4.69, 9.17) is 5.73 Å². The molecule has 0 radical (unpaired) electrons. The number of nitrogens with two attached hydrogens (primary N) is 1. The molecule has 0 aromatic heterocycles. The molecule has 0 fully saturated rings. The van der Waals surface area contributed by atoms with E-state index in [0.717, 1.165) is 5.56 Å². The molecule has 0 bridgehead atoms. The summed E-state index contributed by atoms with van der Waals surface area (Å²) < 4.78 is 0. The Morgan fingerprint density at radius 3 is 2.22 bits per heavy atom. The normalized spacial score (nSPS) is 12.0. The van der Waals surface area contributed by atoms with Crippen molar-refractivity contribution in [3.05, 3.63) is 23.8 Å². The van der Waals surface area contributed by atoms with E-state index in [9.17, 15) is 14.4 Å². The lowest BCUT2D eigenvalue weighted by molar-refractivity contribution is -0.125. The highest BCUT2D eigenvalue weighted by atomic mass is 35.5. The maximum atomic E-state index is 12.2. The number of carbonyl (C=O) groups is 3. The molecule has 0 saturated carbocycles. The van der Waals surface area contributed by atoms with Gasteiger partial charge in [0.1, 0.15) is 0 Å². The molecule has 5 N–H and O–H groups in total. The molecule has 0 aliphatic heterocycles. The molecule has 1 rings (SSSR count). The summed E-state index contributed by atoms with van der Waals surface area (Å²) in [5, 5.41) is 8.08. The Kier molecular flexibility index (Phi) is 9.47. The molecule has 3 amide bonds. The van der Waals surface area contributed by atoms with Crippen LogP contribution in [0, 0.1) is 18.3 Å². The van der Waals surface area contributed by atoms with Gasteiger partial charge in [-0.2, -0.15) is 0 Å². The highest BCUT2D eigenvalue weighted by Crippen LogP contribution is 2.23. The van der Waals surface area contributed by atoms with Crippen molar-refractivity contribution < 1.29 is 14.4 Å². The first kappa shape index (κ1) is 24.9. The smallest absolute Gasteiger partial charge is 0.243 e. The number of nitrogens with one attached hydrogen (secondary N) is 3. The molecular formula is C19H31ClN4O3. The summed E-state index contributed by atoms with van der Waals surface area (Å²) in [6.45, 7) is 10.9. The number of hydrogen-bond acceptors (Lipinski definition) is 4. The van der Waals surface area contributed by atoms with E-state index >= 15 is 0 Å². The predicted octanol–water partition coefficient (Wildman–Crippen LogP) is 2.44. The third-order valence-electron chi connectivity index (χ3n) is 3.89. The molecule has 0 aliphatic carbocycles. The van der Waals surface area contributed by atoms with E-state index in [-0.39, 0.29) is 42.6 Å². The van der Waals surface area contributed by atoms with Crippen LogP contribution in [0.2, 0.25) is 0 Å². The van der Waals surface area contributed by atoms with Crippen LogP contribution in [0.15, 0.2) is 18.2 Å². The van der Waals surface area contributed by atoms with Crippen molar-refractivity contribution >= 4 is 41.5 Å². The van der Waals surface area contributed by atoms with Crippen molar-refractivity contribution in [2.24, 2.45) is 17.1 Å². The predicted molar refractivity (Wildman–Crippen MR) is 111 cm³/mol. The molecule has 7 nitrogen and oxygen atoms in total. The third-order valence-corrected chi connectivity index (χ3v) is 3.89. The monoisotopic (exact) mass is 398 g/mol. The second-order valence-electron chi connectivity index (χ2n) is 7.77. The highest BCUT2D eigenvalue weighted by molar-refractivity contribution is 5.98. The molecule has 0 heterocycles. The van der Waals surface area contributed by atoms with Gasteiger partial charge in [0, 0.05) is 16.8 Å². The zero-order valence-electron chi connectivity index (χ0n) is 16.8. The van der Waals surface area contributed by atoms with Crippen LogP contribution in [0.5, 0.6) is 0 Å². The standard InChI is InChI=1S/C19H30N4O3.ClH/c1-11(2)16(20)17(25)21-10-15(24)22-13-8-7-12(3)14(9-13)23-18(26)19(4,5)6;/h7-9,11,16H,10,20H2,1-6H3,(H,21,25)(H,22,24)(H,23,26);1H/t16-;/m0./s1. The molecule has 0 aliphatic rings. The van der Waals surface area contributed by atoms with Gasteiger partial charge < -0.3 is 21.7 Å². The van der Waals surface area contributed by atoms with Crippen molar-refractivity contribution in [2.45, 2.75) is 47.6 Å². The number of benzene rings is 1. The number of hydrogen-bond donors (Lipinski definition) is 4. The first-order valence-corrected chi connectivity index (χ1v) is 8.67. The minimum absolute atomic E-state index is 0. The van der Waals surface area contributed by atoms with E-state index in [2.05, 4.69) is 16.0 Å². The summed E-state index contributed by atoms with van der Waals surface area (Å²) in [6, 6.07) is 4.59. The van der Waals surface area contributed by atoms with Crippen molar-refractivity contribution in [3.63, 3.8) is 0 Å². The zero-order chi connectivity index (χ0) is 20.1. The number of halogens is 1. The Labute approximate surface area is 167 Å². The average molecular weight is 399 g/mol. The molecular weight excluding hydrogens is 368 g/mol. The number of anilines is 2. The summed E-state index contributed by atoms with van der Waals surface area (Å²) in [4.78, 5) is 36.0. The van der Waals surface area contributed by atoms with Crippen LogP contribution in [0.4, 0.5) is 11.4 Å². The topological polar surface area (TPSA) is 113 Å². The van der Waals surface area contributed by atoms with Gasteiger partial charge in [-0.05, 0) is 30.5 Å². The SMILES string of the molecule is Cc1ccc(NC(=O)CNC(=O)[C@@H](N)C(C)C)cc1NC(=O)C(C)(C)C.Cl. The Morgan fingerprint density at radius 2 is 1.70 bits per heavy atom. The fourth-order valence-corrected chi connectivity index (χ4v) is 1.94. The van der Waals surface area contributed by atoms with Gasteiger partial charge in [0.15, 0.2) is 0 Å². The van der Waals surface area contributed by atoms with Crippen molar-refractivity contribution in [1.82, 2.24) is 5.32 Å². The van der Waals surface area contributed by atoms with Gasteiger partial charge in [-0.1, -0.05) is 40.7 Å². The van der Waals surface area contributed by atoms with Gasteiger partial charge in [-0.15, -0.1) is 12.4 Å². The van der Waals surface area contributed by atoms with Gasteiger partial charge >= 0.3 is 0 Å². The van der Waals surface area contributed by atoms with E-state index in [0.29, 0.717) is 11.4 Å². The average Bonchev–Trinajstić information content (AvgIpc) is 2.53. The maximum Gasteiger partial charge on any atom is 0.243 e. The Morgan fingerprint density at radius 1 is 1.11 bits per heavy atom. The van der Waals surface area contributed by atoms with Gasteiger partial charge in [0.25, 0.3) is 0 Å². The Hall–Kier alpha value is -2.12. The molecule has 152 valence electrons. The third kappa shape index (κ3) is 7.97. The minimum Gasteiger partial charge on any atom is -0.346 e. The first-order valence-electron chi connectivity index (χ1n) is 8.67. The van der Waals surface area contributed by atoms with Crippen molar-refractivity contribution in [1.29, 1.82) is 0 Å². The van der Waals surface area contributed by atoms with Crippen LogP contribution in [0.25, 0.3) is 0 Å². The maximum absolute atomic E-state index is 12.2. The van der Waals surface area contributed by atoms with Crippen LogP contribution in [0.1, 0.15) is 40.2 Å². The molecule has 0 spiro atoms. The van der Waals surface area contributed by atoms with Crippen LogP contribution < -0.4 is 21.7 Å². The Bertz CT molecular complexity index is 684. The van der Waals surface area contributed by atoms with E-state index < -0.39 is 11.5 Å². The van der Waals surface area contributed by atoms with Gasteiger partial charge in [0.2, 0.25) is 17.7 Å². The molecule has 0 saturated heterocycles. The second kappa shape index (κ2) is 10.3. The quantitative estimate of drug-likeness (QED) is 0.589. The van der Waals surface area contributed by atoms with Crippen LogP contribution >= 0.6 is 12.4 Å². The summed E-state index contributed by atoms with van der Waals surface area (Å²) in [6.07, 6.45) is 0. The van der Waals surface area contributed by atoms with Gasteiger partial charge in [-0.3, -0.25) is 14.4 Å². The molecule has 8 heteroatoms. The minimum atomic E-state index is -0.651. The molecule has 1 atom stereocenters. The largest absolute Gasteiger partial charge is 0.346 e. The van der Waals surface area contributed by atoms with Crippen molar-refractivity contribution in [2.75, 3.05) is 17.2 Å². The molecule has 0 unspecified atom stereocenters. The lowest BCUT2D eigenvalue weighted by Crippen LogP contribution is -2.46. The number of amides is 3. The van der Waals surface area contributed by atoms with Gasteiger partial charge in [0.05, 0.1) is 12.6 Å².